The highest BCUT2D eigenvalue weighted by Crippen LogP contribution is 2.36. The molecule has 130 valence electrons. The fourth-order valence-corrected chi connectivity index (χ4v) is 2.49. The maximum atomic E-state index is 11.4. The minimum atomic E-state index is -0.717. The molecule has 2 amide bonds. The number of amides is 2. The molecule has 1 aliphatic rings. The molecule has 1 aromatic carbocycles. The average Bonchev–Trinajstić information content (AvgIpc) is 2.67. The van der Waals surface area contributed by atoms with Gasteiger partial charge in [-0.1, -0.05) is 24.3 Å². The van der Waals surface area contributed by atoms with Gasteiger partial charge in [-0.2, -0.15) is 0 Å². The van der Waals surface area contributed by atoms with Crippen LogP contribution < -0.4 is 16.5 Å². The first-order chi connectivity index (χ1) is 11.0. The molecule has 0 spiro atoms. The molecule has 0 unspecified atom stereocenters. The van der Waals surface area contributed by atoms with Crippen molar-refractivity contribution >= 4 is 24.4 Å². The minimum absolute atomic E-state index is 0.285. The number of nitrogens with one attached hydrogen (secondary N) is 1. The summed E-state index contributed by atoms with van der Waals surface area (Å²) in [5.41, 5.74) is 6.35. The van der Waals surface area contributed by atoms with Crippen LogP contribution in [-0.4, -0.2) is 36.2 Å². The second-order valence-electron chi connectivity index (χ2n) is 7.19. The van der Waals surface area contributed by atoms with Gasteiger partial charge in [0.1, 0.15) is 6.04 Å². The van der Waals surface area contributed by atoms with Gasteiger partial charge in [0.15, 0.2) is 0 Å². The monoisotopic (exact) mass is 332 g/mol. The van der Waals surface area contributed by atoms with Crippen LogP contribution in [0.3, 0.4) is 0 Å². The zero-order valence-electron chi connectivity index (χ0n) is 14.9. The number of rotatable bonds is 5. The van der Waals surface area contributed by atoms with Crippen molar-refractivity contribution in [3.05, 3.63) is 29.8 Å². The van der Waals surface area contributed by atoms with Gasteiger partial charge in [0, 0.05) is 13.3 Å². The van der Waals surface area contributed by atoms with E-state index in [1.165, 1.54) is 6.92 Å². The molecule has 3 N–H and O–H groups in total. The first kappa shape index (κ1) is 18.5. The van der Waals surface area contributed by atoms with Gasteiger partial charge in [0.05, 0.1) is 11.2 Å². The summed E-state index contributed by atoms with van der Waals surface area (Å²) in [6.07, 6.45) is 0.346. The SMILES string of the molecule is CC(=O)N[C@@H](Cc1ccc(B2OC(C)(C)C(C)(C)O2)cc1)C(N)=O. The smallest absolute Gasteiger partial charge is 0.399 e. The second-order valence-corrected chi connectivity index (χ2v) is 7.19. The molecule has 7 heteroatoms. The molecule has 1 aliphatic heterocycles. The number of carbonyl (C=O) groups is 2. The number of benzene rings is 1. The van der Waals surface area contributed by atoms with Crippen LogP contribution in [0.5, 0.6) is 0 Å². The molecule has 0 bridgehead atoms. The number of carbonyl (C=O) groups excluding carboxylic acids is 2. The summed E-state index contributed by atoms with van der Waals surface area (Å²) in [5.74, 6) is -0.840. The van der Waals surface area contributed by atoms with Crippen LogP contribution in [0.25, 0.3) is 0 Å². The number of primary amides is 1. The summed E-state index contributed by atoms with van der Waals surface area (Å²) in [6, 6.07) is 6.87. The number of hydrogen-bond acceptors (Lipinski definition) is 4. The first-order valence-corrected chi connectivity index (χ1v) is 8.03. The Kier molecular flexibility index (Phi) is 5.06. The summed E-state index contributed by atoms with van der Waals surface area (Å²) in [7, 11) is -0.425. The molecule has 2 rings (SSSR count). The van der Waals surface area contributed by atoms with Crippen LogP contribution in [0, 0.1) is 0 Å². The summed E-state index contributed by atoms with van der Waals surface area (Å²) in [6.45, 7) is 9.38. The molecular formula is C17H25BN2O4. The van der Waals surface area contributed by atoms with Gasteiger partial charge in [-0.3, -0.25) is 9.59 Å². The van der Waals surface area contributed by atoms with Crippen LogP contribution in [-0.2, 0) is 25.3 Å². The van der Waals surface area contributed by atoms with Gasteiger partial charge in [-0.25, -0.2) is 0 Å². The Balaban J connectivity index is 2.08. The quantitative estimate of drug-likeness (QED) is 0.769. The van der Waals surface area contributed by atoms with E-state index in [9.17, 15) is 9.59 Å². The van der Waals surface area contributed by atoms with Crippen molar-refractivity contribution in [2.24, 2.45) is 5.73 Å². The summed E-state index contributed by atoms with van der Waals surface area (Å²) < 4.78 is 12.0. The maximum absolute atomic E-state index is 11.4. The minimum Gasteiger partial charge on any atom is -0.399 e. The predicted octanol–water partition coefficient (Wildman–Crippen LogP) is 0.518. The van der Waals surface area contributed by atoms with Crippen LogP contribution in [0.1, 0.15) is 40.2 Å². The molecule has 1 fully saturated rings. The van der Waals surface area contributed by atoms with E-state index in [4.69, 9.17) is 15.0 Å². The molecule has 0 aliphatic carbocycles. The third-order valence-electron chi connectivity index (χ3n) is 4.67. The molecule has 1 atom stereocenters. The maximum Gasteiger partial charge on any atom is 0.494 e. The summed E-state index contributed by atoms with van der Waals surface area (Å²) >= 11 is 0. The lowest BCUT2D eigenvalue weighted by Gasteiger charge is -2.32. The molecule has 1 aromatic rings. The van der Waals surface area contributed by atoms with Gasteiger partial charge >= 0.3 is 7.12 Å². The largest absolute Gasteiger partial charge is 0.494 e. The van der Waals surface area contributed by atoms with Crippen molar-refractivity contribution in [3.63, 3.8) is 0 Å². The molecule has 1 heterocycles. The van der Waals surface area contributed by atoms with Gasteiger partial charge in [0.2, 0.25) is 11.8 Å². The topological polar surface area (TPSA) is 90.7 Å². The molecule has 1 saturated heterocycles. The number of hydrogen-bond donors (Lipinski definition) is 2. The second kappa shape index (κ2) is 6.57. The van der Waals surface area contributed by atoms with Crippen LogP contribution in [0.2, 0.25) is 0 Å². The van der Waals surface area contributed by atoms with E-state index in [0.717, 1.165) is 11.0 Å². The predicted molar refractivity (Wildman–Crippen MR) is 92.7 cm³/mol. The highest BCUT2D eigenvalue weighted by molar-refractivity contribution is 6.62. The summed E-state index contributed by atoms with van der Waals surface area (Å²) in [4.78, 5) is 22.6. The van der Waals surface area contributed by atoms with Crippen molar-refractivity contribution < 1.29 is 18.9 Å². The van der Waals surface area contributed by atoms with E-state index in [1.54, 1.807) is 0 Å². The standard InChI is InChI=1S/C17H25BN2O4/c1-11(21)20-14(15(19)22)10-12-6-8-13(9-7-12)18-23-16(2,3)17(4,5)24-18/h6-9,14H,10H2,1-5H3,(H2,19,22)(H,20,21)/t14-/m0/s1. The third-order valence-corrected chi connectivity index (χ3v) is 4.67. The normalized spacial score (nSPS) is 19.8. The zero-order valence-corrected chi connectivity index (χ0v) is 14.9. The van der Waals surface area contributed by atoms with E-state index in [0.29, 0.717) is 6.42 Å². The fourth-order valence-electron chi connectivity index (χ4n) is 2.49. The van der Waals surface area contributed by atoms with Gasteiger partial charge in [-0.05, 0) is 38.7 Å². The molecule has 0 aromatic heterocycles. The highest BCUT2D eigenvalue weighted by atomic mass is 16.7. The lowest BCUT2D eigenvalue weighted by atomic mass is 9.78. The Labute approximate surface area is 143 Å². The van der Waals surface area contributed by atoms with Crippen molar-refractivity contribution in [1.29, 1.82) is 0 Å². The molecule has 6 nitrogen and oxygen atoms in total. The average molecular weight is 332 g/mol. The Morgan fingerprint density at radius 3 is 2.04 bits per heavy atom. The van der Waals surface area contributed by atoms with Crippen molar-refractivity contribution in [2.45, 2.75) is 58.3 Å². The van der Waals surface area contributed by atoms with E-state index in [-0.39, 0.29) is 5.91 Å². The zero-order chi connectivity index (χ0) is 18.1. The van der Waals surface area contributed by atoms with Crippen LogP contribution in [0.15, 0.2) is 24.3 Å². The highest BCUT2D eigenvalue weighted by Gasteiger charge is 2.51. The van der Waals surface area contributed by atoms with Crippen molar-refractivity contribution in [2.75, 3.05) is 0 Å². The van der Waals surface area contributed by atoms with Crippen LogP contribution in [0.4, 0.5) is 0 Å². The van der Waals surface area contributed by atoms with Gasteiger partial charge in [-0.15, -0.1) is 0 Å². The Morgan fingerprint density at radius 2 is 1.62 bits per heavy atom. The van der Waals surface area contributed by atoms with Gasteiger partial charge in [0.25, 0.3) is 0 Å². The van der Waals surface area contributed by atoms with Crippen molar-refractivity contribution in [3.8, 4) is 0 Å². The number of nitrogens with two attached hydrogens (primary N) is 1. The van der Waals surface area contributed by atoms with E-state index in [2.05, 4.69) is 5.32 Å². The van der Waals surface area contributed by atoms with Gasteiger partial charge < -0.3 is 20.4 Å². The van der Waals surface area contributed by atoms with E-state index < -0.39 is 30.3 Å². The molecular weight excluding hydrogens is 307 g/mol. The Bertz CT molecular complexity index is 612. The molecule has 0 radical (unpaired) electrons. The third kappa shape index (κ3) is 3.97. The lowest BCUT2D eigenvalue weighted by molar-refractivity contribution is -0.126. The molecule has 24 heavy (non-hydrogen) atoms. The lowest BCUT2D eigenvalue weighted by Crippen LogP contribution is -2.45. The molecule has 0 saturated carbocycles. The Hall–Kier alpha value is -1.86. The Morgan fingerprint density at radius 1 is 1.12 bits per heavy atom. The van der Waals surface area contributed by atoms with Crippen LogP contribution >= 0.6 is 0 Å². The summed E-state index contributed by atoms with van der Waals surface area (Å²) in [5, 5.41) is 2.56. The van der Waals surface area contributed by atoms with E-state index >= 15 is 0 Å². The fraction of sp³-hybridized carbons (Fsp3) is 0.529. The van der Waals surface area contributed by atoms with E-state index in [1.807, 2.05) is 52.0 Å². The first-order valence-electron chi connectivity index (χ1n) is 8.03. The van der Waals surface area contributed by atoms with Crippen molar-refractivity contribution in [1.82, 2.24) is 5.32 Å².